The molecule has 0 fully saturated rings. The maximum Gasteiger partial charge on any atom is 0.253 e. The first kappa shape index (κ1) is 47.2. The Morgan fingerprint density at radius 3 is 0.766 bits per heavy atom. The van der Waals surface area contributed by atoms with Crippen molar-refractivity contribution in [1.29, 1.82) is 0 Å². The molecule has 7 aromatic rings. The van der Waals surface area contributed by atoms with Gasteiger partial charge in [0.05, 0.1) is 0 Å². The molecule has 2 nitrogen and oxygen atoms in total. The van der Waals surface area contributed by atoms with Crippen molar-refractivity contribution in [2.75, 3.05) is 12.5 Å². The minimum absolute atomic E-state index is 0.712. The Labute approximate surface area is 344 Å². The van der Waals surface area contributed by atoms with Crippen LogP contribution >= 0.6 is 0 Å². The molecule has 7 aromatic carbocycles. The van der Waals surface area contributed by atoms with Crippen LogP contribution in [0.1, 0.15) is 0 Å². The lowest BCUT2D eigenvalue weighted by atomic mass is 9.12. The third-order valence-electron chi connectivity index (χ3n) is 9.71. The van der Waals surface area contributed by atoms with E-state index in [0.717, 1.165) is 21.5 Å². The molecule has 0 unspecified atom stereocenters. The van der Waals surface area contributed by atoms with Crippen LogP contribution in [0.2, 0.25) is 0 Å². The quantitative estimate of drug-likeness (QED) is 0.0415. The van der Waals surface area contributed by atoms with Gasteiger partial charge in [-0.1, -0.05) is 52.7 Å². The summed E-state index contributed by atoms with van der Waals surface area (Å²) in [6.07, 6.45) is -3.99. The summed E-state index contributed by atoms with van der Waals surface area (Å²) in [5.74, 6) is -70.7. The number of hydrogen-bond donors (Lipinski definition) is 0. The summed E-state index contributed by atoms with van der Waals surface area (Å²) in [7, 11) is -2.31. The normalized spacial score (nSPS) is 12.0. The van der Waals surface area contributed by atoms with Gasteiger partial charge in [0, 0.05) is 10.8 Å². The van der Waals surface area contributed by atoms with Gasteiger partial charge in [-0.15, -0.1) is 21.9 Å². The molecule has 0 aliphatic heterocycles. The van der Waals surface area contributed by atoms with E-state index in [1.165, 1.54) is 0 Å². The molecule has 0 bridgehead atoms. The number of rotatable bonds is 6. The van der Waals surface area contributed by atoms with Crippen molar-refractivity contribution in [3.63, 3.8) is 0 Å². The number of benzene rings is 7. The Kier molecular flexibility index (Phi) is 12.3. The van der Waals surface area contributed by atoms with E-state index in [-0.39, 0.29) is 0 Å². The van der Waals surface area contributed by atoms with E-state index in [4.69, 9.17) is 4.18 Å². The fourth-order valence-electron chi connectivity index (χ4n) is 7.14. The number of fused-ring (bicyclic) bond motifs is 2. The summed E-state index contributed by atoms with van der Waals surface area (Å²) in [5, 5.41) is 4.19. The van der Waals surface area contributed by atoms with Gasteiger partial charge < -0.3 is 0 Å². The van der Waals surface area contributed by atoms with E-state index < -0.39 is 155 Å². The fraction of sp³-hybridized carbons (Fsp3) is 0.0500. The van der Waals surface area contributed by atoms with Gasteiger partial charge in [0.25, 0.3) is 10.2 Å². The monoisotopic (exact) mass is 950 g/mol. The maximum atomic E-state index is 15.4. The molecule has 0 aliphatic rings. The van der Waals surface area contributed by atoms with E-state index in [1.807, 2.05) is 48.5 Å². The van der Waals surface area contributed by atoms with Crippen LogP contribution in [0.15, 0.2) is 54.6 Å². The van der Waals surface area contributed by atoms with E-state index >= 15 is 35.1 Å². The fourth-order valence-corrected chi connectivity index (χ4v) is 7.72. The first-order valence-corrected chi connectivity index (χ1v) is 19.3. The van der Waals surface area contributed by atoms with Crippen molar-refractivity contribution in [2.45, 2.75) is 0 Å². The molecule has 336 valence electrons. The summed E-state index contributed by atoms with van der Waals surface area (Å²) in [5.41, 5.74) is -14.3. The summed E-state index contributed by atoms with van der Waals surface area (Å²) in [6.45, 7) is 0. The van der Waals surface area contributed by atoms with E-state index in [0.29, 0.717) is 5.75 Å². The molecular weight excluding hydrogens is 935 g/mol. The third kappa shape index (κ3) is 7.14. The van der Waals surface area contributed by atoms with Gasteiger partial charge in [0.15, 0.2) is 69.8 Å². The molecule has 0 saturated carbocycles. The van der Waals surface area contributed by atoms with Crippen LogP contribution in [0.5, 0.6) is 5.75 Å². The first-order valence-electron chi connectivity index (χ1n) is 17.0. The molecule has 24 heteroatoms. The third-order valence-corrected chi connectivity index (χ3v) is 10.3. The van der Waals surface area contributed by atoms with Gasteiger partial charge in [-0.25, -0.2) is 87.8 Å². The molecule has 7 rings (SSSR count). The molecule has 0 radical (unpaired) electrons. The molecule has 0 aliphatic carbocycles. The molecule has 0 amide bonds. The van der Waals surface area contributed by atoms with Crippen LogP contribution in [0.3, 0.4) is 0 Å². The maximum absolute atomic E-state index is 15.4. The Hall–Kier alpha value is -6.33. The van der Waals surface area contributed by atoms with Gasteiger partial charge in [-0.3, -0.25) is 4.18 Å². The Morgan fingerprint density at radius 1 is 0.344 bits per heavy atom. The average molecular weight is 950 g/mol. The van der Waals surface area contributed by atoms with Crippen LogP contribution in [0.4, 0.5) is 87.8 Å². The van der Waals surface area contributed by atoms with Crippen molar-refractivity contribution < 1.29 is 96.2 Å². The predicted molar refractivity (Wildman–Crippen MR) is 191 cm³/mol. The van der Waals surface area contributed by atoms with Crippen LogP contribution in [0, 0.1) is 116 Å². The van der Waals surface area contributed by atoms with E-state index in [2.05, 4.69) is 6.07 Å². The van der Waals surface area contributed by atoms with Crippen molar-refractivity contribution in [2.24, 2.45) is 0 Å². The van der Waals surface area contributed by atoms with Gasteiger partial charge in [-0.2, -0.15) is 0 Å². The molecule has 64 heavy (non-hydrogen) atoms. The van der Waals surface area contributed by atoms with Crippen LogP contribution < -0.4 is 26.0 Å². The summed E-state index contributed by atoms with van der Waals surface area (Å²) in [6, 6.07) is 18.2. The van der Waals surface area contributed by atoms with Crippen molar-refractivity contribution in [1.82, 2.24) is 0 Å². The van der Waals surface area contributed by atoms with Crippen LogP contribution in [-0.4, -0.2) is 18.7 Å². The second kappa shape index (κ2) is 16.7. The summed E-state index contributed by atoms with van der Waals surface area (Å²) < 4.78 is 312. The predicted octanol–water partition coefficient (Wildman–Crippen LogP) is 9.89. The van der Waals surface area contributed by atoms with Gasteiger partial charge in [0.2, 0.25) is 5.75 Å². The van der Waals surface area contributed by atoms with Crippen molar-refractivity contribution in [3.8, 4) is 5.75 Å². The largest absolute Gasteiger partial charge is 0.285 e. The lowest BCUT2D eigenvalue weighted by molar-refractivity contribution is 0.378. The second-order valence-electron chi connectivity index (χ2n) is 13.7. The lowest BCUT2D eigenvalue weighted by Gasteiger charge is -2.44. The highest BCUT2D eigenvalue weighted by molar-refractivity contribution is 7.97. The van der Waals surface area contributed by atoms with E-state index in [1.54, 1.807) is 12.5 Å². The topological polar surface area (TPSA) is 26.3 Å². The van der Waals surface area contributed by atoms with Crippen LogP contribution in [-0.2, 0) is 14.4 Å². The second-order valence-corrected chi connectivity index (χ2v) is 16.1. The molecule has 0 heterocycles. The molecule has 0 atom stereocenters. The molecule has 0 N–H and O–H groups in total. The lowest BCUT2D eigenvalue weighted by Crippen LogP contribution is -2.81. The Balaban J connectivity index is 0.000000295. The minimum atomic E-state index is -7.22. The number of halogens is 20. The summed E-state index contributed by atoms with van der Waals surface area (Å²) in [4.78, 5) is 0. The highest BCUT2D eigenvalue weighted by Gasteiger charge is 2.52. The van der Waals surface area contributed by atoms with Crippen LogP contribution in [0.25, 0.3) is 21.5 Å². The Bertz CT molecular complexity index is 2720. The van der Waals surface area contributed by atoms with Crippen molar-refractivity contribution in [3.05, 3.63) is 171 Å². The molecular formula is C40H15BF20O2S. The average Bonchev–Trinajstić information content (AvgIpc) is 3.26. The SMILES string of the molecule is C[S+](C)(=O)Oc1c2ccccc2cc2ccccc12.Fc1c(F)c(F)c([B-](c2c(F)c(F)c(F)c(F)c2F)(c2c(F)c(F)c(F)c(F)c2F)c2c(F)c(F)c(F)c(F)c2F)c(F)c1F. The zero-order chi connectivity index (χ0) is 47.8. The molecule has 0 aromatic heterocycles. The van der Waals surface area contributed by atoms with Gasteiger partial charge >= 0.3 is 0 Å². The van der Waals surface area contributed by atoms with Gasteiger partial charge in [0.1, 0.15) is 65.2 Å². The zero-order valence-electron chi connectivity index (χ0n) is 31.1. The standard InChI is InChI=1S/C24BF20.C16H15O2S/c26-5-1(6(27)14(35)21(42)13(5)34)25(2-7(28)15(36)22(43)16(37)8(2)29,3-9(30)17(38)23(44)18(39)10(3)31)4-11(32)19(40)24(45)20(41)12(4)33;1-19(2,17)18-16-14-9-5-3-7-12(14)11-13-8-4-6-10-15(13)16/h;3-11H,1-2H3/q-1;+1. The van der Waals surface area contributed by atoms with Crippen molar-refractivity contribution >= 4 is 59.8 Å². The number of hydrogen-bond acceptors (Lipinski definition) is 2. The summed E-state index contributed by atoms with van der Waals surface area (Å²) >= 11 is 0. The molecule has 0 saturated heterocycles. The van der Waals surface area contributed by atoms with Gasteiger partial charge in [-0.05, 0) is 16.8 Å². The van der Waals surface area contributed by atoms with E-state index in [9.17, 15) is 56.9 Å². The first-order chi connectivity index (χ1) is 29.7. The highest BCUT2D eigenvalue weighted by Crippen LogP contribution is 2.36. The minimum Gasteiger partial charge on any atom is -0.285 e. The smallest absolute Gasteiger partial charge is 0.253 e. The highest BCUT2D eigenvalue weighted by atomic mass is 32.3. The zero-order valence-corrected chi connectivity index (χ0v) is 31.9. The molecule has 0 spiro atoms. The Morgan fingerprint density at radius 2 is 0.547 bits per heavy atom.